The van der Waals surface area contributed by atoms with Crippen molar-refractivity contribution >= 4 is 34.9 Å². The molecule has 21 heavy (non-hydrogen) atoms. The highest BCUT2D eigenvalue weighted by Crippen LogP contribution is 2.31. The SMILES string of the molecule is COc1ccc(/C(=C/O)C(=O)C=C(SC)SC)cc1OC. The molecule has 0 aliphatic carbocycles. The summed E-state index contributed by atoms with van der Waals surface area (Å²) in [6.45, 7) is 0. The van der Waals surface area contributed by atoms with E-state index in [1.54, 1.807) is 18.2 Å². The van der Waals surface area contributed by atoms with Gasteiger partial charge in [-0.15, -0.1) is 23.5 Å². The van der Waals surface area contributed by atoms with Gasteiger partial charge < -0.3 is 14.6 Å². The van der Waals surface area contributed by atoms with Gasteiger partial charge in [0.1, 0.15) is 0 Å². The lowest BCUT2D eigenvalue weighted by atomic mass is 10.0. The Kier molecular flexibility index (Phi) is 7.25. The van der Waals surface area contributed by atoms with Crippen molar-refractivity contribution in [2.45, 2.75) is 0 Å². The van der Waals surface area contributed by atoms with Crippen LogP contribution in [0.5, 0.6) is 11.5 Å². The summed E-state index contributed by atoms with van der Waals surface area (Å²) in [6.07, 6.45) is 6.12. The fourth-order valence-corrected chi connectivity index (χ4v) is 2.79. The van der Waals surface area contributed by atoms with Gasteiger partial charge in [-0.3, -0.25) is 4.79 Å². The summed E-state index contributed by atoms with van der Waals surface area (Å²) in [5, 5.41) is 9.40. The molecule has 0 spiro atoms. The van der Waals surface area contributed by atoms with Crippen molar-refractivity contribution in [2.24, 2.45) is 0 Å². The van der Waals surface area contributed by atoms with Crippen LogP contribution in [-0.4, -0.2) is 37.6 Å². The number of hydrogen-bond acceptors (Lipinski definition) is 6. The first kappa shape index (κ1) is 17.5. The summed E-state index contributed by atoms with van der Waals surface area (Å²) in [7, 11) is 3.06. The molecule has 0 unspecified atom stereocenters. The summed E-state index contributed by atoms with van der Waals surface area (Å²) < 4.78 is 11.2. The molecule has 0 saturated carbocycles. The second-order valence-corrected chi connectivity index (χ2v) is 5.80. The zero-order valence-corrected chi connectivity index (χ0v) is 14.0. The molecule has 0 atom stereocenters. The summed E-state index contributed by atoms with van der Waals surface area (Å²) in [6, 6.07) is 5.05. The van der Waals surface area contributed by atoms with Crippen molar-refractivity contribution in [3.8, 4) is 11.5 Å². The maximum atomic E-state index is 12.3. The molecular weight excluding hydrogens is 308 g/mol. The van der Waals surface area contributed by atoms with E-state index in [0.29, 0.717) is 17.1 Å². The Morgan fingerprint density at radius 2 is 1.76 bits per heavy atom. The van der Waals surface area contributed by atoms with E-state index in [1.807, 2.05) is 12.5 Å². The van der Waals surface area contributed by atoms with Crippen LogP contribution in [0.1, 0.15) is 5.56 Å². The monoisotopic (exact) mass is 326 g/mol. The molecule has 0 fully saturated rings. The number of benzene rings is 1. The number of allylic oxidation sites excluding steroid dienone is 2. The van der Waals surface area contributed by atoms with Crippen molar-refractivity contribution in [3.63, 3.8) is 0 Å². The molecule has 114 valence electrons. The number of hydrogen-bond donors (Lipinski definition) is 1. The van der Waals surface area contributed by atoms with Gasteiger partial charge in [-0.2, -0.15) is 0 Å². The zero-order valence-electron chi connectivity index (χ0n) is 12.4. The predicted molar refractivity (Wildman–Crippen MR) is 90.3 cm³/mol. The van der Waals surface area contributed by atoms with E-state index in [9.17, 15) is 9.90 Å². The van der Waals surface area contributed by atoms with Gasteiger partial charge in [-0.1, -0.05) is 6.07 Å². The summed E-state index contributed by atoms with van der Waals surface area (Å²) >= 11 is 2.97. The third-order valence-corrected chi connectivity index (χ3v) is 4.78. The molecule has 1 rings (SSSR count). The minimum Gasteiger partial charge on any atom is -0.515 e. The molecule has 1 aromatic carbocycles. The topological polar surface area (TPSA) is 55.8 Å². The molecule has 0 saturated heterocycles. The molecule has 0 radical (unpaired) electrons. The number of aliphatic hydroxyl groups excluding tert-OH is 1. The molecule has 0 bridgehead atoms. The molecule has 0 aliphatic heterocycles. The van der Waals surface area contributed by atoms with E-state index in [-0.39, 0.29) is 11.4 Å². The van der Waals surface area contributed by atoms with Gasteiger partial charge in [0.05, 0.1) is 26.1 Å². The second-order valence-electron chi connectivity index (χ2n) is 3.85. The van der Waals surface area contributed by atoms with Crippen molar-refractivity contribution in [2.75, 3.05) is 26.7 Å². The van der Waals surface area contributed by atoms with E-state index < -0.39 is 0 Å². The standard InChI is InChI=1S/C15H18O4S2/c1-18-13-6-5-10(7-14(13)19-2)11(9-16)12(17)8-15(20-3)21-4/h5-9,16H,1-4H3/b11-9-. The molecule has 0 aliphatic rings. The number of ketones is 1. The Labute approximate surface area is 133 Å². The first-order valence-corrected chi connectivity index (χ1v) is 8.47. The lowest BCUT2D eigenvalue weighted by Gasteiger charge is -2.10. The molecule has 1 N–H and O–H groups in total. The van der Waals surface area contributed by atoms with E-state index in [4.69, 9.17) is 9.47 Å². The average Bonchev–Trinajstić information content (AvgIpc) is 2.52. The lowest BCUT2D eigenvalue weighted by molar-refractivity contribution is -0.109. The predicted octanol–water partition coefficient (Wildman–Crippen LogP) is 3.74. The Balaban J connectivity index is 3.17. The van der Waals surface area contributed by atoms with Crippen LogP contribution < -0.4 is 9.47 Å². The summed E-state index contributed by atoms with van der Waals surface area (Å²) in [5.74, 6) is 0.806. The van der Waals surface area contributed by atoms with E-state index in [1.165, 1.54) is 43.8 Å². The number of ether oxygens (including phenoxy) is 2. The Morgan fingerprint density at radius 1 is 1.14 bits per heavy atom. The highest BCUT2D eigenvalue weighted by molar-refractivity contribution is 8.21. The van der Waals surface area contributed by atoms with Gasteiger partial charge in [-0.25, -0.2) is 0 Å². The first-order valence-electron chi connectivity index (χ1n) is 6.02. The Bertz CT molecular complexity index is 559. The minimum atomic E-state index is -0.261. The zero-order chi connectivity index (χ0) is 15.8. The van der Waals surface area contributed by atoms with Gasteiger partial charge in [0, 0.05) is 10.3 Å². The van der Waals surface area contributed by atoms with Gasteiger partial charge in [-0.05, 0) is 30.2 Å². The number of carbonyl (C=O) groups is 1. The van der Waals surface area contributed by atoms with Crippen LogP contribution in [0.15, 0.2) is 34.8 Å². The van der Waals surface area contributed by atoms with Gasteiger partial charge in [0.25, 0.3) is 0 Å². The molecule has 1 aromatic rings. The molecule has 6 heteroatoms. The Morgan fingerprint density at radius 3 is 2.24 bits per heavy atom. The van der Waals surface area contributed by atoms with E-state index >= 15 is 0 Å². The maximum Gasteiger partial charge on any atom is 0.191 e. The molecule has 4 nitrogen and oxygen atoms in total. The van der Waals surface area contributed by atoms with Crippen LogP contribution in [0, 0.1) is 0 Å². The Hall–Kier alpha value is -1.53. The third kappa shape index (κ3) is 4.47. The van der Waals surface area contributed by atoms with Crippen LogP contribution in [0.3, 0.4) is 0 Å². The highest BCUT2D eigenvalue weighted by Gasteiger charge is 2.14. The van der Waals surface area contributed by atoms with Crippen LogP contribution in [0.2, 0.25) is 0 Å². The van der Waals surface area contributed by atoms with Crippen molar-refractivity contribution in [1.29, 1.82) is 0 Å². The number of rotatable bonds is 7. The van der Waals surface area contributed by atoms with Gasteiger partial charge >= 0.3 is 0 Å². The smallest absolute Gasteiger partial charge is 0.191 e. The minimum absolute atomic E-state index is 0.205. The fraction of sp³-hybridized carbons (Fsp3) is 0.267. The largest absolute Gasteiger partial charge is 0.515 e. The van der Waals surface area contributed by atoms with Crippen LogP contribution >= 0.6 is 23.5 Å². The number of carbonyl (C=O) groups excluding carboxylic acids is 1. The van der Waals surface area contributed by atoms with Crippen molar-refractivity contribution in [1.82, 2.24) is 0 Å². The molecule has 0 heterocycles. The first-order chi connectivity index (χ1) is 10.1. The lowest BCUT2D eigenvalue weighted by Crippen LogP contribution is -2.00. The maximum absolute atomic E-state index is 12.3. The molecule has 0 aromatic heterocycles. The van der Waals surface area contributed by atoms with E-state index in [2.05, 4.69) is 0 Å². The quantitative estimate of drug-likeness (QED) is 0.608. The second kappa shape index (κ2) is 8.69. The normalized spacial score (nSPS) is 11.0. The third-order valence-electron chi connectivity index (χ3n) is 2.74. The van der Waals surface area contributed by atoms with Crippen LogP contribution in [0.25, 0.3) is 5.57 Å². The number of methoxy groups -OCH3 is 2. The van der Waals surface area contributed by atoms with Crippen LogP contribution in [0.4, 0.5) is 0 Å². The summed E-state index contributed by atoms with van der Waals surface area (Å²) in [5.41, 5.74) is 0.773. The molecular formula is C15H18O4S2. The van der Waals surface area contributed by atoms with Gasteiger partial charge in [0.2, 0.25) is 0 Å². The number of thioether (sulfide) groups is 2. The summed E-state index contributed by atoms with van der Waals surface area (Å²) in [4.78, 5) is 12.3. The highest BCUT2D eigenvalue weighted by atomic mass is 32.2. The fourth-order valence-electron chi connectivity index (χ4n) is 1.67. The average molecular weight is 326 g/mol. The van der Waals surface area contributed by atoms with Crippen LogP contribution in [-0.2, 0) is 4.79 Å². The molecule has 0 amide bonds. The van der Waals surface area contributed by atoms with Gasteiger partial charge in [0.15, 0.2) is 17.3 Å². The van der Waals surface area contributed by atoms with E-state index in [0.717, 1.165) is 10.5 Å². The van der Waals surface area contributed by atoms with Crippen molar-refractivity contribution in [3.05, 3.63) is 40.3 Å². The number of aliphatic hydroxyl groups is 1. The van der Waals surface area contributed by atoms with Crippen molar-refractivity contribution < 1.29 is 19.4 Å².